The highest BCUT2D eigenvalue weighted by atomic mass is 16.5. The number of nitrogens with zero attached hydrogens (tertiary/aromatic N) is 3. The lowest BCUT2D eigenvalue weighted by atomic mass is 10.1. The number of ether oxygens (including phenoxy) is 1. The van der Waals surface area contributed by atoms with E-state index in [1.165, 1.54) is 0 Å². The third-order valence-corrected chi connectivity index (χ3v) is 2.38. The molecule has 0 aliphatic rings. The fourth-order valence-electron chi connectivity index (χ4n) is 1.50. The van der Waals surface area contributed by atoms with Crippen LogP contribution in [0.1, 0.15) is 5.56 Å². The zero-order valence-corrected chi connectivity index (χ0v) is 10.1. The highest BCUT2D eigenvalue weighted by Gasteiger charge is 2.11. The van der Waals surface area contributed by atoms with Crippen LogP contribution in [0.4, 0.5) is 0 Å². The van der Waals surface area contributed by atoms with Gasteiger partial charge in [-0.2, -0.15) is 4.98 Å². The van der Waals surface area contributed by atoms with Gasteiger partial charge in [-0.1, -0.05) is 29.8 Å². The van der Waals surface area contributed by atoms with E-state index in [2.05, 4.69) is 10.1 Å². The van der Waals surface area contributed by atoms with Crippen molar-refractivity contribution in [3.8, 4) is 17.4 Å². The van der Waals surface area contributed by atoms with Crippen molar-refractivity contribution in [3.63, 3.8) is 0 Å². The van der Waals surface area contributed by atoms with Crippen LogP contribution in [0.15, 0.2) is 24.3 Å². The second-order valence-corrected chi connectivity index (χ2v) is 3.89. The minimum atomic E-state index is -1.06. The van der Waals surface area contributed by atoms with E-state index in [-0.39, 0.29) is 6.01 Å². The first-order chi connectivity index (χ1) is 8.56. The SMILES string of the molecule is Cc1ccc(-c2nc(OCC(=O)O)nn2C)cc1. The smallest absolute Gasteiger partial charge is 0.341 e. The predicted octanol–water partition coefficient (Wildman–Crippen LogP) is 1.25. The minimum absolute atomic E-state index is 0.0653. The molecule has 0 amide bonds. The molecule has 1 heterocycles. The predicted molar refractivity (Wildman–Crippen MR) is 64.3 cm³/mol. The molecule has 1 aromatic heterocycles. The van der Waals surface area contributed by atoms with E-state index in [1.54, 1.807) is 11.7 Å². The van der Waals surface area contributed by atoms with Gasteiger partial charge in [0.25, 0.3) is 0 Å². The molecule has 2 aromatic rings. The number of carboxylic acids is 1. The van der Waals surface area contributed by atoms with E-state index in [9.17, 15) is 4.79 Å². The van der Waals surface area contributed by atoms with E-state index < -0.39 is 12.6 Å². The molecule has 0 atom stereocenters. The summed E-state index contributed by atoms with van der Waals surface area (Å²) in [5.74, 6) is -0.422. The molecular formula is C12H13N3O3. The third-order valence-electron chi connectivity index (χ3n) is 2.38. The van der Waals surface area contributed by atoms with Crippen molar-refractivity contribution >= 4 is 5.97 Å². The van der Waals surface area contributed by atoms with E-state index in [0.717, 1.165) is 11.1 Å². The molecular weight excluding hydrogens is 234 g/mol. The van der Waals surface area contributed by atoms with Gasteiger partial charge in [0.1, 0.15) is 0 Å². The fourth-order valence-corrected chi connectivity index (χ4v) is 1.50. The topological polar surface area (TPSA) is 77.2 Å². The third kappa shape index (κ3) is 2.65. The summed E-state index contributed by atoms with van der Waals surface area (Å²) in [6.45, 7) is 1.55. The van der Waals surface area contributed by atoms with Crippen molar-refractivity contribution in [1.82, 2.24) is 14.8 Å². The van der Waals surface area contributed by atoms with Crippen molar-refractivity contribution in [1.29, 1.82) is 0 Å². The van der Waals surface area contributed by atoms with Crippen LogP contribution in [-0.2, 0) is 11.8 Å². The van der Waals surface area contributed by atoms with E-state index in [0.29, 0.717) is 5.82 Å². The summed E-state index contributed by atoms with van der Waals surface area (Å²) in [6.07, 6.45) is 0. The minimum Gasteiger partial charge on any atom is -0.479 e. The Hall–Kier alpha value is -2.37. The first-order valence-electron chi connectivity index (χ1n) is 5.39. The second-order valence-electron chi connectivity index (χ2n) is 3.89. The number of hydrogen-bond acceptors (Lipinski definition) is 4. The van der Waals surface area contributed by atoms with Crippen molar-refractivity contribution in [2.45, 2.75) is 6.92 Å². The first kappa shape index (κ1) is 12.1. The Kier molecular flexibility index (Phi) is 3.27. The maximum atomic E-state index is 10.4. The van der Waals surface area contributed by atoms with Crippen molar-refractivity contribution in [2.75, 3.05) is 6.61 Å². The van der Waals surface area contributed by atoms with Gasteiger partial charge in [0.2, 0.25) is 0 Å². The van der Waals surface area contributed by atoms with Gasteiger partial charge in [-0.3, -0.25) is 0 Å². The molecule has 0 saturated carbocycles. The molecule has 0 unspecified atom stereocenters. The molecule has 6 heteroatoms. The van der Waals surface area contributed by atoms with Gasteiger partial charge >= 0.3 is 12.0 Å². The standard InChI is InChI=1S/C12H13N3O3/c1-8-3-5-9(6-4-8)11-13-12(14-15(11)2)18-7-10(16)17/h3-6H,7H2,1-2H3,(H,16,17). The van der Waals surface area contributed by atoms with Gasteiger partial charge in [0, 0.05) is 12.6 Å². The Morgan fingerprint density at radius 2 is 2.06 bits per heavy atom. The Bertz CT molecular complexity index is 560. The highest BCUT2D eigenvalue weighted by molar-refractivity contribution is 5.68. The summed E-state index contributed by atoms with van der Waals surface area (Å²) in [6, 6.07) is 7.88. The van der Waals surface area contributed by atoms with Gasteiger partial charge in [0.05, 0.1) is 0 Å². The average molecular weight is 247 g/mol. The highest BCUT2D eigenvalue weighted by Crippen LogP contribution is 2.19. The van der Waals surface area contributed by atoms with Crippen molar-refractivity contribution in [2.24, 2.45) is 7.05 Å². The number of hydrogen-bond donors (Lipinski definition) is 1. The molecule has 0 aliphatic carbocycles. The molecule has 0 radical (unpaired) electrons. The molecule has 0 saturated heterocycles. The van der Waals surface area contributed by atoms with Crippen LogP contribution >= 0.6 is 0 Å². The molecule has 0 spiro atoms. The number of carbonyl (C=O) groups is 1. The lowest BCUT2D eigenvalue weighted by molar-refractivity contribution is -0.139. The van der Waals surface area contributed by atoms with Crippen LogP contribution in [0.3, 0.4) is 0 Å². The molecule has 1 N–H and O–H groups in total. The molecule has 1 aromatic carbocycles. The normalized spacial score (nSPS) is 10.3. The lowest BCUT2D eigenvalue weighted by Crippen LogP contribution is -2.10. The van der Waals surface area contributed by atoms with Gasteiger partial charge in [-0.05, 0) is 6.92 Å². The summed E-state index contributed by atoms with van der Waals surface area (Å²) >= 11 is 0. The maximum Gasteiger partial charge on any atom is 0.341 e. The Balaban J connectivity index is 2.23. The van der Waals surface area contributed by atoms with E-state index >= 15 is 0 Å². The number of benzene rings is 1. The number of aryl methyl sites for hydroxylation is 2. The van der Waals surface area contributed by atoms with Crippen molar-refractivity contribution in [3.05, 3.63) is 29.8 Å². The number of rotatable bonds is 4. The van der Waals surface area contributed by atoms with Gasteiger partial charge in [0.15, 0.2) is 12.4 Å². The second kappa shape index (κ2) is 4.87. The van der Waals surface area contributed by atoms with Gasteiger partial charge in [-0.25, -0.2) is 9.48 Å². The van der Waals surface area contributed by atoms with E-state index in [4.69, 9.17) is 9.84 Å². The molecule has 18 heavy (non-hydrogen) atoms. The van der Waals surface area contributed by atoms with Crippen LogP contribution in [0.25, 0.3) is 11.4 Å². The lowest BCUT2D eigenvalue weighted by Gasteiger charge is -1.99. The monoisotopic (exact) mass is 247 g/mol. The summed E-state index contributed by atoms with van der Waals surface area (Å²) in [5.41, 5.74) is 2.06. The van der Waals surface area contributed by atoms with Crippen LogP contribution in [0.2, 0.25) is 0 Å². The average Bonchev–Trinajstić information content (AvgIpc) is 2.69. The fraction of sp³-hybridized carbons (Fsp3) is 0.250. The molecule has 94 valence electrons. The summed E-state index contributed by atoms with van der Waals surface area (Å²) < 4.78 is 6.49. The zero-order chi connectivity index (χ0) is 13.1. The summed E-state index contributed by atoms with van der Waals surface area (Å²) in [4.78, 5) is 14.5. The number of aromatic nitrogens is 3. The number of carboxylic acid groups (broad SMARTS) is 1. The molecule has 6 nitrogen and oxygen atoms in total. The Morgan fingerprint density at radius 1 is 1.39 bits per heavy atom. The molecule has 0 aliphatic heterocycles. The zero-order valence-electron chi connectivity index (χ0n) is 10.1. The Labute approximate surface area is 104 Å². The van der Waals surface area contributed by atoms with Crippen LogP contribution in [0.5, 0.6) is 6.01 Å². The van der Waals surface area contributed by atoms with Crippen LogP contribution < -0.4 is 4.74 Å². The summed E-state index contributed by atoms with van der Waals surface area (Å²) in [5, 5.41) is 12.5. The van der Waals surface area contributed by atoms with Crippen molar-refractivity contribution < 1.29 is 14.6 Å². The number of aliphatic carboxylic acids is 1. The molecule has 0 fully saturated rings. The maximum absolute atomic E-state index is 10.4. The van der Waals surface area contributed by atoms with Gasteiger partial charge < -0.3 is 9.84 Å². The largest absolute Gasteiger partial charge is 0.479 e. The van der Waals surface area contributed by atoms with Crippen LogP contribution in [-0.4, -0.2) is 32.4 Å². The van der Waals surface area contributed by atoms with Crippen LogP contribution in [0, 0.1) is 6.92 Å². The quantitative estimate of drug-likeness (QED) is 0.879. The summed E-state index contributed by atoms with van der Waals surface area (Å²) in [7, 11) is 1.73. The molecule has 2 rings (SSSR count). The molecule has 0 bridgehead atoms. The first-order valence-corrected chi connectivity index (χ1v) is 5.39. The van der Waals surface area contributed by atoms with Gasteiger partial charge in [-0.15, -0.1) is 5.10 Å². The Morgan fingerprint density at radius 3 is 2.67 bits per heavy atom. The van der Waals surface area contributed by atoms with E-state index in [1.807, 2.05) is 31.2 Å².